The third-order valence-corrected chi connectivity index (χ3v) is 7.71. The number of thiophene rings is 1. The molecule has 1 aliphatic rings. The molecule has 222 valence electrons. The molecule has 0 fully saturated rings. The first kappa shape index (κ1) is 31.7. The van der Waals surface area contributed by atoms with Gasteiger partial charge in [-0.15, -0.1) is 23.1 Å². The zero-order valence-corrected chi connectivity index (χ0v) is 22.9. The second-order valence-electron chi connectivity index (χ2n) is 8.51. The number of carbonyl (C=O) groups is 4. The molecule has 0 aliphatic carbocycles. The number of rotatable bonds is 13. The van der Waals surface area contributed by atoms with E-state index in [1.165, 1.54) is 23.5 Å². The predicted molar refractivity (Wildman–Crippen MR) is 144 cm³/mol. The van der Waals surface area contributed by atoms with Crippen LogP contribution in [0.4, 0.5) is 11.4 Å². The minimum atomic E-state index is -1.70. The van der Waals surface area contributed by atoms with Crippen molar-refractivity contribution in [3.63, 3.8) is 0 Å². The van der Waals surface area contributed by atoms with Crippen LogP contribution in [0.1, 0.15) is 10.4 Å². The van der Waals surface area contributed by atoms with Crippen LogP contribution in [0.2, 0.25) is 0 Å². The molecule has 0 saturated heterocycles. The van der Waals surface area contributed by atoms with E-state index < -0.39 is 74.8 Å². The maximum absolute atomic E-state index is 12.9. The average molecular weight is 620 g/mol. The number of hydrogen-bond acceptors (Lipinski definition) is 15. The van der Waals surface area contributed by atoms with Crippen LogP contribution in [0.5, 0.6) is 0 Å². The van der Waals surface area contributed by atoms with Crippen molar-refractivity contribution in [2.45, 2.75) is 23.9 Å². The summed E-state index contributed by atoms with van der Waals surface area (Å²) in [4.78, 5) is 69.9. The third kappa shape index (κ3) is 8.35. The van der Waals surface area contributed by atoms with Gasteiger partial charge in [-0.3, -0.25) is 25.0 Å². The number of carbonyl (C=O) groups excluding carboxylic acids is 4. The van der Waals surface area contributed by atoms with Crippen molar-refractivity contribution in [3.8, 4) is 0 Å². The Bertz CT molecular complexity index is 1460. The van der Waals surface area contributed by atoms with Crippen molar-refractivity contribution in [1.82, 2.24) is 10.6 Å². The number of nitrogens with one attached hydrogen (secondary N) is 2. The molecule has 2 aromatic rings. The molecule has 18 heteroatoms. The molecule has 1 amide bonds. The average Bonchev–Trinajstić information content (AvgIpc) is 3.45. The van der Waals surface area contributed by atoms with Gasteiger partial charge in [0.2, 0.25) is 5.91 Å². The minimum absolute atomic E-state index is 0.0468. The molecular weight excluding hydrogens is 598 g/mol. The lowest BCUT2D eigenvalue weighted by atomic mass is 10.1. The molecule has 4 N–H and O–H groups in total. The lowest BCUT2D eigenvalue weighted by Gasteiger charge is -2.33. The van der Waals surface area contributed by atoms with Gasteiger partial charge in [0.1, 0.15) is 12.0 Å². The van der Waals surface area contributed by atoms with Crippen molar-refractivity contribution in [3.05, 3.63) is 83.7 Å². The van der Waals surface area contributed by atoms with E-state index in [1.54, 1.807) is 17.5 Å². The standard InChI is InChI=1S/C24H23N5O11S2/c25-16(22(31)32)10-40-24(35)20(26-18(30)9-15-2-1-7-41-15)21-27-19(23(33)34)13(11-42-21)4-3-12-5-6-14(28(36)37)8-17(12)29(38)39/h1-8,16,20-21,27H,9-11,25H2,(H,26,30)(H,31,32)(H,33,34)/p-2/b4-3+/t16-,20+,21+/m1/s1. The number of hydrogen-bond donors (Lipinski definition) is 3. The number of nitrogens with two attached hydrogens (primary N) is 1. The maximum atomic E-state index is 12.9. The largest absolute Gasteiger partial charge is 0.548 e. The third-order valence-electron chi connectivity index (χ3n) is 5.61. The Labute approximate surface area is 244 Å². The van der Waals surface area contributed by atoms with Gasteiger partial charge in [0.15, 0.2) is 6.04 Å². The minimum Gasteiger partial charge on any atom is -0.548 e. The van der Waals surface area contributed by atoms with Gasteiger partial charge in [-0.1, -0.05) is 12.1 Å². The number of nitro benzene ring substituents is 2. The van der Waals surface area contributed by atoms with Crippen molar-refractivity contribution >= 4 is 64.4 Å². The van der Waals surface area contributed by atoms with E-state index in [9.17, 15) is 49.6 Å². The fourth-order valence-electron chi connectivity index (χ4n) is 3.55. The highest BCUT2D eigenvalue weighted by molar-refractivity contribution is 8.00. The lowest BCUT2D eigenvalue weighted by molar-refractivity contribution is -0.394. The molecule has 16 nitrogen and oxygen atoms in total. The Morgan fingerprint density at radius 3 is 2.48 bits per heavy atom. The molecule has 42 heavy (non-hydrogen) atoms. The molecule has 0 spiro atoms. The lowest BCUT2D eigenvalue weighted by Crippen LogP contribution is -2.56. The normalized spacial score (nSPS) is 16.3. The van der Waals surface area contributed by atoms with Crippen LogP contribution in [-0.2, 0) is 30.3 Å². The summed E-state index contributed by atoms with van der Waals surface area (Å²) >= 11 is 2.25. The van der Waals surface area contributed by atoms with E-state index in [2.05, 4.69) is 10.6 Å². The Morgan fingerprint density at radius 2 is 1.88 bits per heavy atom. The van der Waals surface area contributed by atoms with Gasteiger partial charge in [0.25, 0.3) is 11.4 Å². The number of carboxylic acids is 2. The van der Waals surface area contributed by atoms with E-state index in [0.717, 1.165) is 30.0 Å². The van der Waals surface area contributed by atoms with E-state index in [4.69, 9.17) is 10.5 Å². The van der Waals surface area contributed by atoms with Gasteiger partial charge < -0.3 is 40.9 Å². The van der Waals surface area contributed by atoms with E-state index >= 15 is 0 Å². The van der Waals surface area contributed by atoms with Gasteiger partial charge in [-0.2, -0.15) is 0 Å². The summed E-state index contributed by atoms with van der Waals surface area (Å²) in [6.45, 7) is -0.777. The summed E-state index contributed by atoms with van der Waals surface area (Å²) in [7, 11) is 0. The van der Waals surface area contributed by atoms with E-state index in [0.29, 0.717) is 4.88 Å². The molecule has 3 rings (SSSR count). The Balaban J connectivity index is 1.87. The van der Waals surface area contributed by atoms with Crippen LogP contribution >= 0.6 is 23.1 Å². The van der Waals surface area contributed by atoms with Crippen molar-refractivity contribution in [2.24, 2.45) is 5.73 Å². The predicted octanol–water partition coefficient (Wildman–Crippen LogP) is -1.41. The number of non-ortho nitro benzene ring substituents is 1. The van der Waals surface area contributed by atoms with Crippen LogP contribution in [0.15, 0.2) is 53.1 Å². The van der Waals surface area contributed by atoms with Crippen LogP contribution in [0.3, 0.4) is 0 Å². The second kappa shape index (κ2) is 14.2. The molecular formula is C24H21N5O11S2-2. The fraction of sp³-hybridized carbons (Fsp3) is 0.250. The Kier molecular flexibility index (Phi) is 10.7. The first-order valence-corrected chi connectivity index (χ1v) is 13.7. The topological polar surface area (TPSA) is 260 Å². The summed E-state index contributed by atoms with van der Waals surface area (Å²) in [6, 6.07) is 3.19. The smallest absolute Gasteiger partial charge is 0.331 e. The molecule has 0 unspecified atom stereocenters. The summed E-state index contributed by atoms with van der Waals surface area (Å²) in [6.07, 6.45) is 2.32. The first-order valence-electron chi connectivity index (χ1n) is 11.8. The molecule has 2 heterocycles. The second-order valence-corrected chi connectivity index (χ2v) is 10.7. The van der Waals surface area contributed by atoms with Crippen LogP contribution < -0.4 is 26.6 Å². The number of ether oxygens (including phenoxy) is 1. The number of carboxylic acid groups (broad SMARTS) is 2. The van der Waals surface area contributed by atoms with E-state index in [1.807, 2.05) is 0 Å². The molecule has 1 aliphatic heterocycles. The van der Waals surface area contributed by atoms with Crippen molar-refractivity contribution in [2.75, 3.05) is 12.4 Å². The number of thioether (sulfide) groups is 1. The monoisotopic (exact) mass is 619 g/mol. The van der Waals surface area contributed by atoms with E-state index in [-0.39, 0.29) is 23.3 Å². The van der Waals surface area contributed by atoms with Crippen molar-refractivity contribution in [1.29, 1.82) is 0 Å². The SMILES string of the molecule is N[C@H](COC(=O)[C@@H](NC(=O)Cc1cccs1)[C@H]1NC(C(=O)[O-])=C(/C=C/c2ccc([N+](=O)[O-])cc2[N+](=O)[O-])CS1)C(=O)[O-]. The zero-order valence-electron chi connectivity index (χ0n) is 21.3. The van der Waals surface area contributed by atoms with Crippen LogP contribution in [0, 0.1) is 20.2 Å². The van der Waals surface area contributed by atoms with Gasteiger partial charge in [-0.05, 0) is 29.2 Å². The van der Waals surface area contributed by atoms with Crippen molar-refractivity contribution < 1.29 is 44.0 Å². The molecule has 0 bridgehead atoms. The molecule has 0 radical (unpaired) electrons. The number of benzene rings is 1. The number of nitro groups is 2. The zero-order chi connectivity index (χ0) is 31.0. The number of nitrogens with zero attached hydrogens (tertiary/aromatic N) is 2. The highest BCUT2D eigenvalue weighted by atomic mass is 32.2. The molecule has 3 atom stereocenters. The molecule has 0 saturated carbocycles. The summed E-state index contributed by atoms with van der Waals surface area (Å²) < 4.78 is 4.95. The van der Waals surface area contributed by atoms with Crippen LogP contribution in [0.25, 0.3) is 6.08 Å². The highest BCUT2D eigenvalue weighted by Crippen LogP contribution is 2.29. The number of allylic oxidation sites excluding steroid dienone is 1. The molecule has 1 aromatic carbocycles. The number of amides is 1. The highest BCUT2D eigenvalue weighted by Gasteiger charge is 2.35. The quantitative estimate of drug-likeness (QED) is 0.132. The summed E-state index contributed by atoms with van der Waals surface area (Å²) in [5.41, 5.74) is 3.76. The van der Waals surface area contributed by atoms with Gasteiger partial charge in [0.05, 0.1) is 51.6 Å². The Hall–Kier alpha value is -4.81. The van der Waals surface area contributed by atoms with Crippen LogP contribution in [-0.4, -0.2) is 63.5 Å². The maximum Gasteiger partial charge on any atom is 0.331 e. The number of esters is 1. The van der Waals surface area contributed by atoms with Gasteiger partial charge in [-0.25, -0.2) is 4.79 Å². The molecule has 1 aromatic heterocycles. The summed E-state index contributed by atoms with van der Waals surface area (Å²) in [5.74, 6) is -5.19. The number of aliphatic carboxylic acids is 2. The summed E-state index contributed by atoms with van der Waals surface area (Å²) in [5, 5.41) is 50.9. The van der Waals surface area contributed by atoms with Gasteiger partial charge >= 0.3 is 5.97 Å². The Morgan fingerprint density at radius 1 is 1.14 bits per heavy atom. The fourth-order valence-corrected chi connectivity index (χ4v) is 5.42. The first-order chi connectivity index (χ1) is 19.9. The van der Waals surface area contributed by atoms with Gasteiger partial charge in [0, 0.05) is 16.7 Å².